The first-order valence-electron chi connectivity index (χ1n) is 7.15. The Bertz CT molecular complexity index is 425. The smallest absolute Gasteiger partial charge is 0.236 e. The summed E-state index contributed by atoms with van der Waals surface area (Å²) in [6.45, 7) is 7.49. The Kier molecular flexibility index (Phi) is 4.90. The molecule has 0 atom stereocenters. The fourth-order valence-electron chi connectivity index (χ4n) is 2.47. The summed E-state index contributed by atoms with van der Waals surface area (Å²) >= 11 is 0. The summed E-state index contributed by atoms with van der Waals surface area (Å²) in [5, 5.41) is 11.6. The van der Waals surface area contributed by atoms with Crippen LogP contribution in [0.3, 0.4) is 0 Å². The van der Waals surface area contributed by atoms with E-state index in [0.29, 0.717) is 13.1 Å². The molecule has 1 aromatic rings. The zero-order valence-corrected chi connectivity index (χ0v) is 11.9. The molecule has 0 saturated heterocycles. The number of amides is 1. The molecule has 0 aliphatic carbocycles. The van der Waals surface area contributed by atoms with Gasteiger partial charge >= 0.3 is 0 Å². The van der Waals surface area contributed by atoms with Gasteiger partial charge in [-0.25, -0.2) is 0 Å². The Labute approximate surface area is 114 Å². The van der Waals surface area contributed by atoms with Crippen LogP contribution >= 0.6 is 0 Å². The lowest BCUT2D eigenvalue weighted by atomic mass is 10.2. The average Bonchev–Trinajstić information content (AvgIpc) is 2.84. The van der Waals surface area contributed by atoms with Crippen molar-refractivity contribution in [2.75, 3.05) is 19.6 Å². The molecule has 0 saturated carbocycles. The third-order valence-corrected chi connectivity index (χ3v) is 3.61. The van der Waals surface area contributed by atoms with Gasteiger partial charge in [0.15, 0.2) is 0 Å². The van der Waals surface area contributed by atoms with Crippen molar-refractivity contribution in [1.29, 1.82) is 0 Å². The second-order valence-electron chi connectivity index (χ2n) is 4.81. The second kappa shape index (κ2) is 6.65. The number of nitrogens with one attached hydrogen (secondary N) is 1. The van der Waals surface area contributed by atoms with Crippen molar-refractivity contribution in [2.24, 2.45) is 0 Å². The van der Waals surface area contributed by atoms with Crippen molar-refractivity contribution in [1.82, 2.24) is 25.0 Å². The fourth-order valence-corrected chi connectivity index (χ4v) is 2.47. The number of aryl methyl sites for hydroxylation is 1. The Morgan fingerprint density at radius 2 is 2.11 bits per heavy atom. The molecular weight excluding hydrogens is 242 g/mol. The van der Waals surface area contributed by atoms with Gasteiger partial charge in [0.2, 0.25) is 5.91 Å². The Hall–Kier alpha value is -1.43. The van der Waals surface area contributed by atoms with Gasteiger partial charge in [-0.15, -0.1) is 10.2 Å². The summed E-state index contributed by atoms with van der Waals surface area (Å²) in [6.07, 6.45) is 3.41. The summed E-state index contributed by atoms with van der Waals surface area (Å²) in [4.78, 5) is 13.7. The van der Waals surface area contributed by atoms with Crippen molar-refractivity contribution in [3.63, 3.8) is 0 Å². The highest BCUT2D eigenvalue weighted by Gasteiger charge is 2.16. The van der Waals surface area contributed by atoms with E-state index in [1.807, 2.05) is 18.7 Å². The lowest BCUT2D eigenvalue weighted by Gasteiger charge is -2.19. The standard InChI is InChI=1S/C13H23N5O/c1-3-17(4-2)13(19)10-14-9-12-16-15-11-7-5-6-8-18(11)12/h14H,3-10H2,1-2H3. The number of carbonyl (C=O) groups excluding carboxylic acids is 1. The molecule has 0 aromatic carbocycles. The highest BCUT2D eigenvalue weighted by atomic mass is 16.2. The molecule has 6 nitrogen and oxygen atoms in total. The van der Waals surface area contributed by atoms with E-state index < -0.39 is 0 Å². The first-order chi connectivity index (χ1) is 9.26. The van der Waals surface area contributed by atoms with Gasteiger partial charge < -0.3 is 14.8 Å². The number of carbonyl (C=O) groups is 1. The number of rotatable bonds is 6. The lowest BCUT2D eigenvalue weighted by molar-refractivity contribution is -0.129. The van der Waals surface area contributed by atoms with Crippen LogP contribution in [-0.4, -0.2) is 45.2 Å². The van der Waals surface area contributed by atoms with Gasteiger partial charge in [-0.3, -0.25) is 4.79 Å². The quantitative estimate of drug-likeness (QED) is 0.817. The Balaban J connectivity index is 1.83. The van der Waals surface area contributed by atoms with Crippen molar-refractivity contribution >= 4 is 5.91 Å². The molecular formula is C13H23N5O. The normalized spacial score (nSPS) is 14.2. The van der Waals surface area contributed by atoms with Crippen LogP contribution in [0.15, 0.2) is 0 Å². The molecule has 1 aliphatic rings. The van der Waals surface area contributed by atoms with E-state index in [0.717, 1.165) is 37.7 Å². The maximum Gasteiger partial charge on any atom is 0.236 e. The van der Waals surface area contributed by atoms with Crippen LogP contribution in [0.2, 0.25) is 0 Å². The first kappa shape index (κ1) is 14.0. The number of likely N-dealkylation sites (N-methyl/N-ethyl adjacent to an activating group) is 1. The number of aromatic nitrogens is 3. The fraction of sp³-hybridized carbons (Fsp3) is 0.769. The molecule has 0 unspecified atom stereocenters. The Morgan fingerprint density at radius 1 is 1.32 bits per heavy atom. The zero-order chi connectivity index (χ0) is 13.7. The van der Waals surface area contributed by atoms with Crippen LogP contribution in [0, 0.1) is 0 Å². The monoisotopic (exact) mass is 265 g/mol. The largest absolute Gasteiger partial charge is 0.342 e. The minimum Gasteiger partial charge on any atom is -0.342 e. The lowest BCUT2D eigenvalue weighted by Crippen LogP contribution is -2.38. The van der Waals surface area contributed by atoms with Crippen LogP contribution in [0.25, 0.3) is 0 Å². The molecule has 106 valence electrons. The van der Waals surface area contributed by atoms with Gasteiger partial charge in [0.05, 0.1) is 13.1 Å². The van der Waals surface area contributed by atoms with E-state index in [1.165, 1.54) is 12.8 Å². The third kappa shape index (κ3) is 3.32. The molecule has 1 amide bonds. The predicted octanol–water partition coefficient (Wildman–Crippen LogP) is 0.572. The number of hydrogen-bond acceptors (Lipinski definition) is 4. The van der Waals surface area contributed by atoms with E-state index in [4.69, 9.17) is 0 Å². The number of nitrogens with zero attached hydrogens (tertiary/aromatic N) is 4. The molecule has 2 rings (SSSR count). The molecule has 0 bridgehead atoms. The number of fused-ring (bicyclic) bond motifs is 1. The molecule has 1 aliphatic heterocycles. The van der Waals surface area contributed by atoms with Crippen LogP contribution in [-0.2, 0) is 24.3 Å². The summed E-state index contributed by atoms with van der Waals surface area (Å²) in [6, 6.07) is 0. The summed E-state index contributed by atoms with van der Waals surface area (Å²) in [5.74, 6) is 2.17. The molecule has 0 spiro atoms. The highest BCUT2D eigenvalue weighted by molar-refractivity contribution is 5.78. The summed E-state index contributed by atoms with van der Waals surface area (Å²) < 4.78 is 2.18. The van der Waals surface area contributed by atoms with Crippen LogP contribution < -0.4 is 5.32 Å². The van der Waals surface area contributed by atoms with Crippen LogP contribution in [0.1, 0.15) is 38.3 Å². The Morgan fingerprint density at radius 3 is 2.84 bits per heavy atom. The van der Waals surface area contributed by atoms with Crippen molar-refractivity contribution in [3.8, 4) is 0 Å². The molecule has 2 heterocycles. The molecule has 0 fully saturated rings. The predicted molar refractivity (Wildman–Crippen MR) is 72.6 cm³/mol. The van der Waals surface area contributed by atoms with Gasteiger partial charge in [0, 0.05) is 26.1 Å². The van der Waals surface area contributed by atoms with E-state index in [-0.39, 0.29) is 5.91 Å². The molecule has 1 N–H and O–H groups in total. The average molecular weight is 265 g/mol. The van der Waals surface area contributed by atoms with E-state index in [1.54, 1.807) is 0 Å². The maximum atomic E-state index is 11.8. The number of hydrogen-bond donors (Lipinski definition) is 1. The van der Waals surface area contributed by atoms with Gasteiger partial charge in [-0.2, -0.15) is 0 Å². The minimum absolute atomic E-state index is 0.142. The SMILES string of the molecule is CCN(CC)C(=O)CNCc1nnc2n1CCCC2. The van der Waals surface area contributed by atoms with Crippen LogP contribution in [0.5, 0.6) is 0 Å². The van der Waals surface area contributed by atoms with Crippen LogP contribution in [0.4, 0.5) is 0 Å². The zero-order valence-electron chi connectivity index (χ0n) is 11.9. The third-order valence-electron chi connectivity index (χ3n) is 3.61. The van der Waals surface area contributed by atoms with Gasteiger partial charge in [0.25, 0.3) is 0 Å². The topological polar surface area (TPSA) is 63.1 Å². The molecule has 19 heavy (non-hydrogen) atoms. The highest BCUT2D eigenvalue weighted by Crippen LogP contribution is 2.13. The minimum atomic E-state index is 0.142. The second-order valence-corrected chi connectivity index (χ2v) is 4.81. The molecule has 0 radical (unpaired) electrons. The van der Waals surface area contributed by atoms with Gasteiger partial charge in [-0.05, 0) is 26.7 Å². The molecule has 1 aromatic heterocycles. The van der Waals surface area contributed by atoms with E-state index in [2.05, 4.69) is 20.1 Å². The van der Waals surface area contributed by atoms with Crippen molar-refractivity contribution in [3.05, 3.63) is 11.6 Å². The van der Waals surface area contributed by atoms with Crippen molar-refractivity contribution < 1.29 is 4.79 Å². The van der Waals surface area contributed by atoms with E-state index >= 15 is 0 Å². The van der Waals surface area contributed by atoms with Gasteiger partial charge in [0.1, 0.15) is 11.6 Å². The van der Waals surface area contributed by atoms with Gasteiger partial charge in [-0.1, -0.05) is 0 Å². The summed E-state index contributed by atoms with van der Waals surface area (Å²) in [7, 11) is 0. The van der Waals surface area contributed by atoms with E-state index in [9.17, 15) is 4.79 Å². The van der Waals surface area contributed by atoms with Crippen molar-refractivity contribution in [2.45, 2.75) is 46.2 Å². The maximum absolute atomic E-state index is 11.8. The molecule has 6 heteroatoms. The summed E-state index contributed by atoms with van der Waals surface area (Å²) in [5.41, 5.74) is 0. The first-order valence-corrected chi connectivity index (χ1v) is 7.15.